The molecule has 0 saturated heterocycles. The van der Waals surface area contributed by atoms with Gasteiger partial charge in [-0.25, -0.2) is 0 Å². The van der Waals surface area contributed by atoms with Crippen LogP contribution in [-0.4, -0.2) is 4.57 Å². The lowest BCUT2D eigenvalue weighted by Crippen LogP contribution is -2.09. The number of fused-ring (bicyclic) bond motifs is 7. The fourth-order valence-electron chi connectivity index (χ4n) is 8.62. The Bertz CT molecular complexity index is 3130. The van der Waals surface area contributed by atoms with E-state index in [1.165, 1.54) is 43.8 Å². The number of furan rings is 1. The Morgan fingerprint density at radius 3 is 1.71 bits per heavy atom. The molecule has 0 aliphatic heterocycles. The highest BCUT2D eigenvalue weighted by atomic mass is 16.3. The third-order valence-electron chi connectivity index (χ3n) is 11.0. The number of para-hydroxylation sites is 4. The van der Waals surface area contributed by atoms with Gasteiger partial charge in [-0.1, -0.05) is 146 Å². The maximum atomic E-state index is 6.71. The molecule has 0 radical (unpaired) electrons. The quantitative estimate of drug-likeness (QED) is 0.172. The van der Waals surface area contributed by atoms with Crippen molar-refractivity contribution in [2.45, 2.75) is 0 Å². The van der Waals surface area contributed by atoms with Gasteiger partial charge in [0.25, 0.3) is 0 Å². The van der Waals surface area contributed by atoms with Crippen LogP contribution in [-0.2, 0) is 0 Å². The van der Waals surface area contributed by atoms with Gasteiger partial charge in [0, 0.05) is 61.5 Å². The predicted molar refractivity (Wildman–Crippen MR) is 231 cm³/mol. The fourth-order valence-corrected chi connectivity index (χ4v) is 8.62. The normalized spacial score (nSPS) is 11.6. The molecule has 0 amide bonds. The molecule has 3 heteroatoms. The van der Waals surface area contributed by atoms with Crippen LogP contribution in [0.3, 0.4) is 0 Å². The molecule has 0 spiro atoms. The first-order valence-electron chi connectivity index (χ1n) is 18.8. The van der Waals surface area contributed by atoms with Crippen LogP contribution in [0.1, 0.15) is 0 Å². The second-order valence-electron chi connectivity index (χ2n) is 14.1. The molecule has 55 heavy (non-hydrogen) atoms. The second-order valence-corrected chi connectivity index (χ2v) is 14.1. The average Bonchev–Trinajstić information content (AvgIpc) is 3.80. The van der Waals surface area contributed by atoms with Crippen LogP contribution in [0, 0.1) is 0 Å². The van der Waals surface area contributed by atoms with Crippen molar-refractivity contribution in [1.29, 1.82) is 0 Å². The maximum absolute atomic E-state index is 6.71. The van der Waals surface area contributed by atoms with Crippen LogP contribution in [0.4, 0.5) is 17.1 Å². The molecule has 0 fully saturated rings. The lowest BCUT2D eigenvalue weighted by atomic mass is 9.93. The summed E-state index contributed by atoms with van der Waals surface area (Å²) in [5, 5.41) is 7.12. The summed E-state index contributed by atoms with van der Waals surface area (Å²) >= 11 is 0. The predicted octanol–water partition coefficient (Wildman–Crippen LogP) is 14.6. The summed E-state index contributed by atoms with van der Waals surface area (Å²) in [6.45, 7) is 0. The van der Waals surface area contributed by atoms with Gasteiger partial charge in [0.2, 0.25) is 0 Å². The first-order valence-corrected chi connectivity index (χ1v) is 18.8. The summed E-state index contributed by atoms with van der Waals surface area (Å²) < 4.78 is 9.17. The molecule has 2 aromatic heterocycles. The molecule has 0 bridgehead atoms. The number of anilines is 3. The Morgan fingerprint density at radius 1 is 0.400 bits per heavy atom. The van der Waals surface area contributed by atoms with Gasteiger partial charge < -0.3 is 13.9 Å². The zero-order valence-corrected chi connectivity index (χ0v) is 29.9. The van der Waals surface area contributed by atoms with Gasteiger partial charge in [0.15, 0.2) is 0 Å². The highest BCUT2D eigenvalue weighted by Crippen LogP contribution is 2.48. The van der Waals surface area contributed by atoms with E-state index in [9.17, 15) is 0 Å². The molecule has 0 aliphatic rings. The number of rotatable bonds is 6. The Hall–Kier alpha value is -7.36. The smallest absolute Gasteiger partial charge is 0.138 e. The van der Waals surface area contributed by atoms with Crippen molar-refractivity contribution in [3.05, 3.63) is 206 Å². The van der Waals surface area contributed by atoms with Crippen LogP contribution >= 0.6 is 0 Å². The monoisotopic (exact) mass is 702 g/mol. The van der Waals surface area contributed by atoms with Crippen molar-refractivity contribution in [3.63, 3.8) is 0 Å². The van der Waals surface area contributed by atoms with Crippen molar-refractivity contribution in [3.8, 4) is 27.9 Å². The topological polar surface area (TPSA) is 21.3 Å². The molecule has 258 valence electrons. The van der Waals surface area contributed by atoms with Gasteiger partial charge in [-0.3, -0.25) is 0 Å². The summed E-state index contributed by atoms with van der Waals surface area (Å²) in [6.07, 6.45) is 0. The molecule has 11 aromatic rings. The second kappa shape index (κ2) is 12.6. The number of hydrogen-bond donors (Lipinski definition) is 0. The SMILES string of the molecule is c1ccc(-c2c3c(cc4c2c2cccc(-c5cccc6ccccc56)c2n4-c2ccc(N(c4ccccc4)c4ccccc4)cc2)oc2ccccc23)cc1. The molecular formula is C52H34N2O. The Kier molecular flexibility index (Phi) is 7.17. The van der Waals surface area contributed by atoms with Gasteiger partial charge in [-0.2, -0.15) is 0 Å². The minimum atomic E-state index is 0.874. The van der Waals surface area contributed by atoms with Crippen molar-refractivity contribution in [2.24, 2.45) is 0 Å². The molecule has 9 aromatic carbocycles. The number of hydrogen-bond acceptors (Lipinski definition) is 2. The van der Waals surface area contributed by atoms with Crippen molar-refractivity contribution < 1.29 is 4.42 Å². The molecular weight excluding hydrogens is 669 g/mol. The Morgan fingerprint density at radius 2 is 0.964 bits per heavy atom. The van der Waals surface area contributed by atoms with Crippen molar-refractivity contribution in [2.75, 3.05) is 4.90 Å². The molecule has 0 aliphatic carbocycles. The summed E-state index contributed by atoms with van der Waals surface area (Å²) in [5.74, 6) is 0. The molecule has 0 N–H and O–H groups in total. The standard InChI is InChI=1S/C52H34N2O/c1-4-17-36(18-5-1)49-50-45-28-15-27-43(42-26-14-19-35-16-10-11-24-41(35)42)52(45)54(46(50)34-48-51(49)44-25-12-13-29-47(44)55-48)40-32-30-39(31-33-40)53(37-20-6-2-7-21-37)38-22-8-3-9-23-38/h1-34H. The van der Waals surface area contributed by atoms with E-state index in [0.717, 1.165) is 55.8 Å². The molecule has 0 unspecified atom stereocenters. The van der Waals surface area contributed by atoms with Crippen LogP contribution in [0.15, 0.2) is 211 Å². The highest BCUT2D eigenvalue weighted by Gasteiger charge is 2.25. The highest BCUT2D eigenvalue weighted by molar-refractivity contribution is 6.28. The lowest BCUT2D eigenvalue weighted by molar-refractivity contribution is 0.669. The maximum Gasteiger partial charge on any atom is 0.138 e. The van der Waals surface area contributed by atoms with Gasteiger partial charge in [0.05, 0.1) is 11.0 Å². The van der Waals surface area contributed by atoms with Crippen LogP contribution in [0.5, 0.6) is 0 Å². The minimum Gasteiger partial charge on any atom is -0.456 e. The zero-order chi connectivity index (χ0) is 36.3. The van der Waals surface area contributed by atoms with E-state index < -0.39 is 0 Å². The van der Waals surface area contributed by atoms with Crippen molar-refractivity contribution >= 4 is 71.6 Å². The van der Waals surface area contributed by atoms with Gasteiger partial charge in [-0.15, -0.1) is 0 Å². The van der Waals surface area contributed by atoms with Gasteiger partial charge in [-0.05, 0) is 76.5 Å². The van der Waals surface area contributed by atoms with E-state index >= 15 is 0 Å². The van der Waals surface area contributed by atoms with Crippen LogP contribution < -0.4 is 4.90 Å². The first-order chi connectivity index (χ1) is 27.3. The van der Waals surface area contributed by atoms with E-state index in [0.29, 0.717) is 0 Å². The number of aromatic nitrogens is 1. The molecule has 0 saturated carbocycles. The molecule has 0 atom stereocenters. The Balaban J connectivity index is 1.25. The fraction of sp³-hybridized carbons (Fsp3) is 0. The van der Waals surface area contributed by atoms with Crippen molar-refractivity contribution in [1.82, 2.24) is 4.57 Å². The van der Waals surface area contributed by atoms with Crippen LogP contribution in [0.2, 0.25) is 0 Å². The van der Waals surface area contributed by atoms with E-state index in [1.54, 1.807) is 0 Å². The third-order valence-corrected chi connectivity index (χ3v) is 11.0. The summed E-state index contributed by atoms with van der Waals surface area (Å²) in [6, 6.07) is 73.8. The molecule has 2 heterocycles. The van der Waals surface area contributed by atoms with E-state index in [1.807, 2.05) is 6.07 Å². The largest absolute Gasteiger partial charge is 0.456 e. The van der Waals surface area contributed by atoms with E-state index in [4.69, 9.17) is 4.42 Å². The summed E-state index contributed by atoms with van der Waals surface area (Å²) in [7, 11) is 0. The molecule has 3 nitrogen and oxygen atoms in total. The van der Waals surface area contributed by atoms with E-state index in [-0.39, 0.29) is 0 Å². The molecule has 11 rings (SSSR count). The zero-order valence-electron chi connectivity index (χ0n) is 29.9. The number of nitrogens with zero attached hydrogens (tertiary/aromatic N) is 2. The van der Waals surface area contributed by atoms with Crippen LogP contribution in [0.25, 0.3) is 82.5 Å². The summed E-state index contributed by atoms with van der Waals surface area (Å²) in [4.78, 5) is 2.31. The minimum absolute atomic E-state index is 0.874. The first kappa shape index (κ1) is 31.2. The van der Waals surface area contributed by atoms with Gasteiger partial charge >= 0.3 is 0 Å². The Labute approximate surface area is 318 Å². The number of benzene rings is 9. The lowest BCUT2D eigenvalue weighted by Gasteiger charge is -2.25. The van der Waals surface area contributed by atoms with Gasteiger partial charge in [0.1, 0.15) is 11.2 Å². The summed E-state index contributed by atoms with van der Waals surface area (Å²) in [5.41, 5.74) is 13.1. The third kappa shape index (κ3) is 4.98. The average molecular weight is 703 g/mol. The van der Waals surface area contributed by atoms with E-state index in [2.05, 4.69) is 210 Å².